The Bertz CT molecular complexity index is 1480. The number of rotatable bonds is 9. The number of ether oxygens (including phenoxy) is 1. The Morgan fingerprint density at radius 2 is 1.74 bits per heavy atom. The van der Waals surface area contributed by atoms with E-state index in [1.165, 1.54) is 10.9 Å². The number of nitrogens with one attached hydrogen (secondary N) is 1. The van der Waals surface area contributed by atoms with Crippen molar-refractivity contribution in [3.63, 3.8) is 0 Å². The molecule has 1 amide bonds. The Balaban J connectivity index is 1.20. The second-order valence-corrected chi connectivity index (χ2v) is 9.10. The lowest BCUT2D eigenvalue weighted by Crippen LogP contribution is -2.42. The van der Waals surface area contributed by atoms with Crippen molar-refractivity contribution in [1.82, 2.24) is 15.1 Å². The molecule has 1 unspecified atom stereocenters. The molecule has 2 heterocycles. The van der Waals surface area contributed by atoms with Crippen LogP contribution in [0, 0.1) is 10.1 Å². The lowest BCUT2D eigenvalue weighted by Gasteiger charge is -2.17. The summed E-state index contributed by atoms with van der Waals surface area (Å²) in [6.45, 7) is 0.0980. The van der Waals surface area contributed by atoms with E-state index < -0.39 is 28.8 Å². The monoisotopic (exact) mass is 536 g/mol. The van der Waals surface area contributed by atoms with Crippen molar-refractivity contribution >= 4 is 29.5 Å². The van der Waals surface area contributed by atoms with Crippen LogP contribution in [-0.2, 0) is 22.5 Å². The van der Waals surface area contributed by atoms with Crippen molar-refractivity contribution in [3.05, 3.63) is 105 Å². The van der Waals surface area contributed by atoms with E-state index in [0.717, 1.165) is 22.3 Å². The number of carbonyl (C=O) groups excluding carboxylic acids is 1. The molecule has 38 heavy (non-hydrogen) atoms. The highest BCUT2D eigenvalue weighted by Gasteiger charge is 2.30. The van der Waals surface area contributed by atoms with E-state index in [9.17, 15) is 24.8 Å². The van der Waals surface area contributed by atoms with Gasteiger partial charge in [-0.25, -0.2) is 9.59 Å². The van der Waals surface area contributed by atoms with Crippen LogP contribution < -0.4 is 5.32 Å². The van der Waals surface area contributed by atoms with Crippen LogP contribution >= 0.6 is 11.6 Å². The number of halogens is 1. The zero-order valence-corrected chi connectivity index (χ0v) is 20.5. The van der Waals surface area contributed by atoms with Gasteiger partial charge in [-0.05, 0) is 39.3 Å². The van der Waals surface area contributed by atoms with Gasteiger partial charge in [0.1, 0.15) is 30.7 Å². The fourth-order valence-electron chi connectivity index (χ4n) is 4.55. The van der Waals surface area contributed by atoms with Gasteiger partial charge in [0.05, 0.1) is 11.3 Å². The van der Waals surface area contributed by atoms with Crippen LogP contribution in [0.4, 0.5) is 10.6 Å². The quantitative estimate of drug-likeness (QED) is 0.232. The Morgan fingerprint density at radius 1 is 1.11 bits per heavy atom. The van der Waals surface area contributed by atoms with E-state index in [2.05, 4.69) is 10.4 Å². The molecule has 0 saturated heterocycles. The number of aliphatic carboxylic acids is 1. The molecule has 4 aromatic rings. The Kier molecular flexibility index (Phi) is 6.84. The molecule has 0 spiro atoms. The Morgan fingerprint density at radius 3 is 2.34 bits per heavy atom. The lowest BCUT2D eigenvalue weighted by atomic mass is 9.98. The fraction of sp³-hybridized carbons (Fsp3) is 0.192. The highest BCUT2D eigenvalue weighted by Crippen LogP contribution is 2.44. The number of hydrogen-bond donors (Lipinski definition) is 2. The first-order valence-corrected chi connectivity index (χ1v) is 12.0. The van der Waals surface area contributed by atoms with Crippen LogP contribution in [0.1, 0.15) is 28.6 Å². The van der Waals surface area contributed by atoms with Gasteiger partial charge in [-0.1, -0.05) is 60.1 Å². The van der Waals surface area contributed by atoms with Crippen molar-refractivity contribution in [1.29, 1.82) is 0 Å². The molecule has 2 N–H and O–H groups in total. The normalized spacial score (nSPS) is 13.0. The molecule has 2 aromatic heterocycles. The number of furan rings is 1. The first-order chi connectivity index (χ1) is 18.3. The predicted molar refractivity (Wildman–Crippen MR) is 135 cm³/mol. The maximum atomic E-state index is 12.6. The predicted octanol–water partition coefficient (Wildman–Crippen LogP) is 4.62. The number of fused-ring (bicyclic) bond motifs is 3. The molecule has 11 nitrogen and oxygen atoms in total. The zero-order chi connectivity index (χ0) is 26.8. The van der Waals surface area contributed by atoms with E-state index in [4.69, 9.17) is 20.8 Å². The standard InChI is InChI=1S/C26H21ClN4O7/c27-22-13-30(29-24(22)31(35)36)12-16-10-9-15(38-16)11-23(25(32)33)28-26(34)37-14-21-19-7-3-1-5-17(19)18-6-2-4-8-20(18)21/h1-10,13,21,23H,11-12,14H2,(H,28,34)(H,32,33). The summed E-state index contributed by atoms with van der Waals surface area (Å²) in [6.07, 6.45) is 0.296. The molecule has 1 aliphatic rings. The second-order valence-electron chi connectivity index (χ2n) is 8.69. The minimum absolute atomic E-state index is 0.0467. The molecule has 0 saturated carbocycles. The summed E-state index contributed by atoms with van der Waals surface area (Å²) < 4.78 is 12.3. The van der Waals surface area contributed by atoms with Crippen LogP contribution in [0.25, 0.3) is 11.1 Å². The largest absolute Gasteiger partial charge is 0.480 e. The third-order valence-electron chi connectivity index (χ3n) is 6.25. The minimum Gasteiger partial charge on any atom is -0.480 e. The van der Waals surface area contributed by atoms with Gasteiger partial charge in [0, 0.05) is 12.3 Å². The number of alkyl carbamates (subject to hydrolysis) is 1. The number of hydrogen-bond acceptors (Lipinski definition) is 7. The molecule has 0 bridgehead atoms. The summed E-state index contributed by atoms with van der Waals surface area (Å²) in [7, 11) is 0. The molecular weight excluding hydrogens is 516 g/mol. The number of benzene rings is 2. The third kappa shape index (κ3) is 5.09. The fourth-order valence-corrected chi connectivity index (χ4v) is 4.77. The number of carboxylic acid groups (broad SMARTS) is 1. The maximum absolute atomic E-state index is 12.6. The zero-order valence-electron chi connectivity index (χ0n) is 19.7. The smallest absolute Gasteiger partial charge is 0.408 e. The molecular formula is C26H21ClN4O7. The summed E-state index contributed by atoms with van der Waals surface area (Å²) in [5.41, 5.74) is 4.26. The summed E-state index contributed by atoms with van der Waals surface area (Å²) in [5.74, 6) is -1.23. The number of nitrogens with zero attached hydrogens (tertiary/aromatic N) is 3. The van der Waals surface area contributed by atoms with Gasteiger partial charge in [-0.15, -0.1) is 0 Å². The number of aromatic nitrogens is 2. The summed E-state index contributed by atoms with van der Waals surface area (Å²) in [5, 5.41) is 26.6. The van der Waals surface area contributed by atoms with Crippen molar-refractivity contribution in [2.24, 2.45) is 0 Å². The Hall–Kier alpha value is -4.64. The highest BCUT2D eigenvalue weighted by molar-refractivity contribution is 6.32. The Labute approximate surface area is 220 Å². The topological polar surface area (TPSA) is 150 Å². The molecule has 2 aromatic carbocycles. The van der Waals surface area contributed by atoms with Crippen molar-refractivity contribution in [2.75, 3.05) is 6.61 Å². The van der Waals surface area contributed by atoms with Gasteiger partial charge < -0.3 is 29.7 Å². The van der Waals surface area contributed by atoms with E-state index >= 15 is 0 Å². The average molecular weight is 537 g/mol. The van der Waals surface area contributed by atoms with E-state index in [1.807, 2.05) is 48.5 Å². The lowest BCUT2D eigenvalue weighted by molar-refractivity contribution is -0.389. The summed E-state index contributed by atoms with van der Waals surface area (Å²) in [6, 6.07) is 17.6. The SMILES string of the molecule is O=C(NC(Cc1ccc(Cn2cc(Cl)c([N+](=O)[O-])n2)o1)C(=O)O)OCC1c2ccccc2-c2ccccc21. The van der Waals surface area contributed by atoms with Gasteiger partial charge in [0.15, 0.2) is 5.02 Å². The maximum Gasteiger partial charge on any atom is 0.408 e. The van der Waals surface area contributed by atoms with Crippen molar-refractivity contribution in [3.8, 4) is 11.1 Å². The van der Waals surface area contributed by atoms with Crippen LogP contribution in [0.15, 0.2) is 71.3 Å². The van der Waals surface area contributed by atoms with Gasteiger partial charge in [0.2, 0.25) is 0 Å². The van der Waals surface area contributed by atoms with Crippen LogP contribution in [0.3, 0.4) is 0 Å². The molecule has 0 aliphatic heterocycles. The van der Waals surface area contributed by atoms with Crippen LogP contribution in [-0.4, -0.2) is 44.5 Å². The molecule has 1 atom stereocenters. The van der Waals surface area contributed by atoms with Crippen LogP contribution in [0.2, 0.25) is 5.02 Å². The van der Waals surface area contributed by atoms with Gasteiger partial charge in [0.25, 0.3) is 0 Å². The van der Waals surface area contributed by atoms with Gasteiger partial charge in [-0.3, -0.25) is 0 Å². The van der Waals surface area contributed by atoms with E-state index in [-0.39, 0.29) is 30.5 Å². The van der Waals surface area contributed by atoms with Gasteiger partial charge >= 0.3 is 17.9 Å². The van der Waals surface area contributed by atoms with Crippen molar-refractivity contribution < 1.29 is 28.8 Å². The molecule has 0 radical (unpaired) electrons. The third-order valence-corrected chi connectivity index (χ3v) is 6.51. The van der Waals surface area contributed by atoms with Gasteiger partial charge in [-0.2, -0.15) is 4.68 Å². The second kappa shape index (κ2) is 10.4. The number of carboxylic acids is 1. The highest BCUT2D eigenvalue weighted by atomic mass is 35.5. The summed E-state index contributed by atoms with van der Waals surface area (Å²) >= 11 is 5.81. The number of nitro groups is 1. The molecule has 5 rings (SSSR count). The first kappa shape index (κ1) is 25.0. The van der Waals surface area contributed by atoms with Crippen LogP contribution in [0.5, 0.6) is 0 Å². The molecule has 194 valence electrons. The molecule has 12 heteroatoms. The molecule has 1 aliphatic carbocycles. The molecule has 0 fully saturated rings. The average Bonchev–Trinajstić information content (AvgIpc) is 3.58. The van der Waals surface area contributed by atoms with E-state index in [0.29, 0.717) is 11.5 Å². The van der Waals surface area contributed by atoms with E-state index in [1.54, 1.807) is 12.1 Å². The first-order valence-electron chi connectivity index (χ1n) is 11.6. The number of amides is 1. The summed E-state index contributed by atoms with van der Waals surface area (Å²) in [4.78, 5) is 34.6. The minimum atomic E-state index is -1.30. The number of carbonyl (C=O) groups is 2. The van der Waals surface area contributed by atoms with Crippen molar-refractivity contribution in [2.45, 2.75) is 24.9 Å².